The molecule has 20 heavy (non-hydrogen) atoms. The topological polar surface area (TPSA) is 66.4 Å². The molecule has 1 aliphatic carbocycles. The zero-order valence-electron chi connectivity index (χ0n) is 11.5. The maximum atomic E-state index is 12.4. The molecule has 1 aromatic rings. The van der Waals surface area contributed by atoms with Crippen LogP contribution in [0.15, 0.2) is 27.6 Å². The van der Waals surface area contributed by atoms with E-state index in [1.807, 2.05) is 6.92 Å². The number of aliphatic hydroxyl groups excluding tert-OH is 1. The van der Waals surface area contributed by atoms with Gasteiger partial charge in [-0.3, -0.25) is 0 Å². The molecule has 6 heteroatoms. The molecule has 1 fully saturated rings. The lowest BCUT2D eigenvalue weighted by molar-refractivity contribution is 0.281. The Bertz CT molecular complexity index is 570. The molecule has 112 valence electrons. The third-order valence-corrected chi connectivity index (χ3v) is 6.09. The monoisotopic (exact) mass is 361 g/mol. The van der Waals surface area contributed by atoms with Crippen LogP contribution in [0.25, 0.3) is 0 Å². The summed E-state index contributed by atoms with van der Waals surface area (Å²) < 4.78 is 28.1. The summed E-state index contributed by atoms with van der Waals surface area (Å²) in [5.41, 5.74) is 0.681. The van der Waals surface area contributed by atoms with Gasteiger partial charge in [0.15, 0.2) is 0 Å². The normalized spacial score (nSPS) is 17.1. The minimum Gasteiger partial charge on any atom is -0.392 e. The predicted octanol–water partition coefficient (Wildman–Crippen LogP) is 2.80. The molecule has 0 heterocycles. The van der Waals surface area contributed by atoms with Crippen LogP contribution in [-0.4, -0.2) is 19.6 Å². The van der Waals surface area contributed by atoms with E-state index in [1.165, 1.54) is 18.9 Å². The molecule has 0 bridgehead atoms. The van der Waals surface area contributed by atoms with Crippen molar-refractivity contribution in [2.75, 3.05) is 0 Å². The molecule has 0 saturated heterocycles. The van der Waals surface area contributed by atoms with E-state index in [9.17, 15) is 8.42 Å². The van der Waals surface area contributed by atoms with Crippen LogP contribution in [0.1, 0.15) is 38.2 Å². The summed E-state index contributed by atoms with van der Waals surface area (Å²) in [5, 5.41) is 9.06. The Morgan fingerprint density at radius 3 is 2.65 bits per heavy atom. The summed E-state index contributed by atoms with van der Waals surface area (Å²) in [7, 11) is -3.52. The molecule has 0 amide bonds. The van der Waals surface area contributed by atoms with E-state index < -0.39 is 10.0 Å². The Hall–Kier alpha value is -0.430. The molecule has 0 radical (unpaired) electrons. The van der Waals surface area contributed by atoms with Gasteiger partial charge in [0.1, 0.15) is 0 Å². The number of aliphatic hydroxyl groups is 1. The van der Waals surface area contributed by atoms with Gasteiger partial charge in [-0.15, -0.1) is 0 Å². The molecule has 0 aromatic heterocycles. The minimum atomic E-state index is -3.52. The summed E-state index contributed by atoms with van der Waals surface area (Å²) >= 11 is 3.27. The van der Waals surface area contributed by atoms with Crippen LogP contribution < -0.4 is 4.72 Å². The van der Waals surface area contributed by atoms with E-state index in [0.717, 1.165) is 12.8 Å². The van der Waals surface area contributed by atoms with Gasteiger partial charge in [-0.2, -0.15) is 0 Å². The van der Waals surface area contributed by atoms with Crippen LogP contribution in [0.3, 0.4) is 0 Å². The van der Waals surface area contributed by atoms with Gasteiger partial charge in [0.05, 0.1) is 11.5 Å². The van der Waals surface area contributed by atoms with Gasteiger partial charge in [-0.25, -0.2) is 13.1 Å². The highest BCUT2D eigenvalue weighted by Crippen LogP contribution is 2.34. The molecule has 0 aliphatic heterocycles. The first-order valence-corrected chi connectivity index (χ1v) is 9.15. The van der Waals surface area contributed by atoms with Crippen LogP contribution >= 0.6 is 15.9 Å². The van der Waals surface area contributed by atoms with Crippen molar-refractivity contribution in [1.29, 1.82) is 0 Å². The first kappa shape index (κ1) is 15.9. The average molecular weight is 362 g/mol. The van der Waals surface area contributed by atoms with Crippen LogP contribution in [0.2, 0.25) is 0 Å². The van der Waals surface area contributed by atoms with Crippen LogP contribution in [0, 0.1) is 5.92 Å². The third-order valence-electron chi connectivity index (χ3n) is 3.60. The lowest BCUT2D eigenvalue weighted by Crippen LogP contribution is -2.35. The summed E-state index contributed by atoms with van der Waals surface area (Å²) in [6.45, 7) is 1.89. The number of rotatable bonds is 7. The van der Waals surface area contributed by atoms with Crippen molar-refractivity contribution >= 4 is 26.0 Å². The third kappa shape index (κ3) is 4.04. The quantitative estimate of drug-likeness (QED) is 0.784. The van der Waals surface area contributed by atoms with E-state index in [2.05, 4.69) is 20.7 Å². The molecular weight excluding hydrogens is 342 g/mol. The molecule has 0 spiro atoms. The van der Waals surface area contributed by atoms with Crippen molar-refractivity contribution in [2.45, 2.75) is 50.2 Å². The van der Waals surface area contributed by atoms with Gasteiger partial charge in [0, 0.05) is 10.5 Å². The van der Waals surface area contributed by atoms with Crippen molar-refractivity contribution in [2.24, 2.45) is 5.92 Å². The van der Waals surface area contributed by atoms with Crippen molar-refractivity contribution in [3.8, 4) is 0 Å². The van der Waals surface area contributed by atoms with Crippen molar-refractivity contribution in [1.82, 2.24) is 4.72 Å². The van der Waals surface area contributed by atoms with Gasteiger partial charge < -0.3 is 5.11 Å². The molecule has 1 unspecified atom stereocenters. The Morgan fingerprint density at radius 1 is 1.45 bits per heavy atom. The fourth-order valence-corrected chi connectivity index (χ4v) is 4.65. The first-order valence-electron chi connectivity index (χ1n) is 6.88. The van der Waals surface area contributed by atoms with Crippen molar-refractivity contribution in [3.63, 3.8) is 0 Å². The zero-order valence-corrected chi connectivity index (χ0v) is 13.9. The molecular formula is C14H20BrNO3S. The number of sulfonamides is 1. The highest BCUT2D eigenvalue weighted by Gasteiger charge is 2.28. The van der Waals surface area contributed by atoms with E-state index in [-0.39, 0.29) is 17.5 Å². The van der Waals surface area contributed by atoms with E-state index in [4.69, 9.17) is 5.11 Å². The molecule has 2 N–H and O–H groups in total. The largest absolute Gasteiger partial charge is 0.392 e. The second-order valence-electron chi connectivity index (χ2n) is 5.33. The maximum absolute atomic E-state index is 12.4. The number of nitrogens with one attached hydrogen (secondary N) is 1. The lowest BCUT2D eigenvalue weighted by Gasteiger charge is -2.17. The Morgan fingerprint density at radius 2 is 2.15 bits per heavy atom. The highest BCUT2D eigenvalue weighted by molar-refractivity contribution is 9.10. The Balaban J connectivity index is 2.16. The van der Waals surface area contributed by atoms with Gasteiger partial charge in [0.25, 0.3) is 0 Å². The minimum absolute atomic E-state index is 0.00285. The summed E-state index contributed by atoms with van der Waals surface area (Å²) in [5.74, 6) is 0.683. The maximum Gasteiger partial charge on any atom is 0.241 e. The summed E-state index contributed by atoms with van der Waals surface area (Å²) in [4.78, 5) is 0.226. The number of hydrogen-bond acceptors (Lipinski definition) is 3. The van der Waals surface area contributed by atoms with Gasteiger partial charge in [-0.05, 0) is 52.4 Å². The molecule has 1 aliphatic rings. The number of benzene rings is 1. The standard InChI is InChI=1S/C14H20BrNO3S/c1-2-12(7-10-3-4-10)16-20(18,19)14-6-5-11(9-17)8-13(14)15/h5-6,8,10,12,16-17H,2-4,7,9H2,1H3. The van der Waals surface area contributed by atoms with Gasteiger partial charge in [0.2, 0.25) is 10.0 Å². The second kappa shape index (κ2) is 6.56. The number of hydrogen-bond donors (Lipinski definition) is 2. The van der Waals surface area contributed by atoms with Crippen LogP contribution in [0.5, 0.6) is 0 Å². The lowest BCUT2D eigenvalue weighted by atomic mass is 10.1. The van der Waals surface area contributed by atoms with E-state index in [1.54, 1.807) is 12.1 Å². The first-order chi connectivity index (χ1) is 9.46. The molecule has 1 saturated carbocycles. The van der Waals surface area contributed by atoms with Crippen molar-refractivity contribution < 1.29 is 13.5 Å². The fourth-order valence-electron chi connectivity index (χ4n) is 2.20. The molecule has 1 aromatic carbocycles. The smallest absolute Gasteiger partial charge is 0.241 e. The highest BCUT2D eigenvalue weighted by atomic mass is 79.9. The van der Waals surface area contributed by atoms with Crippen LogP contribution in [-0.2, 0) is 16.6 Å². The van der Waals surface area contributed by atoms with Crippen molar-refractivity contribution in [3.05, 3.63) is 28.2 Å². The Labute approximate surface area is 128 Å². The second-order valence-corrected chi connectivity index (χ2v) is 7.87. The van der Waals surface area contributed by atoms with Crippen LogP contribution in [0.4, 0.5) is 0 Å². The van der Waals surface area contributed by atoms with E-state index >= 15 is 0 Å². The Kier molecular flexibility index (Phi) is 5.23. The van der Waals surface area contributed by atoms with Gasteiger partial charge in [-0.1, -0.05) is 25.8 Å². The molecule has 4 nitrogen and oxygen atoms in total. The average Bonchev–Trinajstić information content (AvgIpc) is 3.21. The SMILES string of the molecule is CCC(CC1CC1)NS(=O)(=O)c1ccc(CO)cc1Br. The number of halogens is 1. The molecule has 1 atom stereocenters. The molecule has 2 rings (SSSR count). The van der Waals surface area contributed by atoms with Gasteiger partial charge >= 0.3 is 0 Å². The summed E-state index contributed by atoms with van der Waals surface area (Å²) in [6.07, 6.45) is 4.14. The summed E-state index contributed by atoms with van der Waals surface area (Å²) in [6, 6.07) is 4.79. The fraction of sp³-hybridized carbons (Fsp3) is 0.571. The predicted molar refractivity (Wildman–Crippen MR) is 81.8 cm³/mol. The van der Waals surface area contributed by atoms with E-state index in [0.29, 0.717) is 16.0 Å². The zero-order chi connectivity index (χ0) is 14.8.